The molecule has 128 valence electrons. The molecule has 1 aliphatic rings. The average molecular weight is 329 g/mol. The summed E-state index contributed by atoms with van der Waals surface area (Å²) in [6, 6.07) is 3.56. The number of aryl methyl sites for hydroxylation is 2. The standard InChI is InChI=1S/C18H23N3O3/c1-3-24-18(23)15(13-7-8-19-12(2)10-13)17(22)16-14-6-4-5-9-21(14)11-20-16/h7-8,10-11,15,17,22H,3-6,9H2,1-2H3. The van der Waals surface area contributed by atoms with Crippen LogP contribution in [0.2, 0.25) is 0 Å². The molecular weight excluding hydrogens is 306 g/mol. The van der Waals surface area contributed by atoms with Crippen molar-refractivity contribution in [3.05, 3.63) is 47.3 Å². The minimum atomic E-state index is -1.03. The van der Waals surface area contributed by atoms with E-state index >= 15 is 0 Å². The highest BCUT2D eigenvalue weighted by molar-refractivity contribution is 5.79. The molecule has 6 nitrogen and oxygen atoms in total. The molecule has 2 aromatic rings. The van der Waals surface area contributed by atoms with Crippen molar-refractivity contribution in [2.45, 2.75) is 51.7 Å². The first kappa shape index (κ1) is 16.6. The molecule has 3 heterocycles. The van der Waals surface area contributed by atoms with Crippen LogP contribution in [0.5, 0.6) is 0 Å². The normalized spacial score (nSPS) is 16.3. The number of pyridine rings is 1. The predicted molar refractivity (Wildman–Crippen MR) is 88.5 cm³/mol. The Bertz CT molecular complexity index is 726. The Morgan fingerprint density at radius 3 is 3.00 bits per heavy atom. The van der Waals surface area contributed by atoms with Crippen LogP contribution in [-0.4, -0.2) is 32.2 Å². The van der Waals surface area contributed by atoms with Gasteiger partial charge in [-0.2, -0.15) is 0 Å². The quantitative estimate of drug-likeness (QED) is 0.852. The minimum Gasteiger partial charge on any atom is -0.465 e. The van der Waals surface area contributed by atoms with E-state index in [-0.39, 0.29) is 6.61 Å². The lowest BCUT2D eigenvalue weighted by atomic mass is 9.90. The summed E-state index contributed by atoms with van der Waals surface area (Å²) in [5, 5.41) is 11.0. The van der Waals surface area contributed by atoms with Crippen LogP contribution < -0.4 is 0 Å². The lowest BCUT2D eigenvalue weighted by molar-refractivity contribution is -0.148. The van der Waals surface area contributed by atoms with Crippen LogP contribution in [0.1, 0.15) is 54.4 Å². The van der Waals surface area contributed by atoms with Gasteiger partial charge in [0.1, 0.15) is 12.0 Å². The van der Waals surface area contributed by atoms with Crippen LogP contribution in [0, 0.1) is 6.92 Å². The van der Waals surface area contributed by atoms with Gasteiger partial charge in [-0.3, -0.25) is 9.78 Å². The largest absolute Gasteiger partial charge is 0.465 e. The molecule has 0 aliphatic carbocycles. The van der Waals surface area contributed by atoms with Gasteiger partial charge in [-0.05, 0) is 50.8 Å². The molecule has 1 aliphatic heterocycles. The predicted octanol–water partition coefficient (Wildman–Crippen LogP) is 2.30. The first-order valence-corrected chi connectivity index (χ1v) is 8.43. The summed E-state index contributed by atoms with van der Waals surface area (Å²) in [5.41, 5.74) is 3.10. The van der Waals surface area contributed by atoms with Gasteiger partial charge in [0, 0.05) is 24.1 Å². The van der Waals surface area contributed by atoms with Gasteiger partial charge in [-0.1, -0.05) is 0 Å². The monoisotopic (exact) mass is 329 g/mol. The van der Waals surface area contributed by atoms with Gasteiger partial charge >= 0.3 is 5.97 Å². The molecule has 2 aromatic heterocycles. The summed E-state index contributed by atoms with van der Waals surface area (Å²) in [7, 11) is 0. The molecule has 0 spiro atoms. The molecule has 0 aromatic carbocycles. The maximum Gasteiger partial charge on any atom is 0.316 e. The van der Waals surface area contributed by atoms with Crippen molar-refractivity contribution in [1.29, 1.82) is 0 Å². The number of ether oxygens (including phenoxy) is 1. The highest BCUT2D eigenvalue weighted by Crippen LogP contribution is 2.34. The van der Waals surface area contributed by atoms with E-state index in [9.17, 15) is 9.90 Å². The fourth-order valence-corrected chi connectivity index (χ4v) is 3.31. The number of carbonyl (C=O) groups is 1. The van der Waals surface area contributed by atoms with Crippen molar-refractivity contribution >= 4 is 5.97 Å². The number of fused-ring (bicyclic) bond motifs is 1. The molecule has 0 bridgehead atoms. The van der Waals surface area contributed by atoms with E-state index in [1.54, 1.807) is 25.5 Å². The van der Waals surface area contributed by atoms with Crippen LogP contribution >= 0.6 is 0 Å². The highest BCUT2D eigenvalue weighted by Gasteiger charge is 2.35. The Morgan fingerprint density at radius 1 is 1.42 bits per heavy atom. The molecule has 0 radical (unpaired) electrons. The SMILES string of the molecule is CCOC(=O)C(c1ccnc(C)c1)C(O)c1ncn2c1CCCC2. The van der Waals surface area contributed by atoms with Gasteiger partial charge in [0.25, 0.3) is 0 Å². The summed E-state index contributed by atoms with van der Waals surface area (Å²) < 4.78 is 7.28. The zero-order valence-corrected chi connectivity index (χ0v) is 14.1. The summed E-state index contributed by atoms with van der Waals surface area (Å²) in [5.74, 6) is -1.23. The molecule has 2 atom stereocenters. The Kier molecular flexibility index (Phi) is 4.94. The van der Waals surface area contributed by atoms with Crippen LogP contribution in [-0.2, 0) is 22.5 Å². The maximum absolute atomic E-state index is 12.5. The molecule has 0 saturated carbocycles. The third-order valence-corrected chi connectivity index (χ3v) is 4.46. The van der Waals surface area contributed by atoms with E-state index in [0.717, 1.165) is 37.2 Å². The number of esters is 1. The number of imidazole rings is 1. The van der Waals surface area contributed by atoms with Gasteiger partial charge in [0.2, 0.25) is 0 Å². The molecule has 0 amide bonds. The van der Waals surface area contributed by atoms with Crippen LogP contribution in [0.3, 0.4) is 0 Å². The summed E-state index contributed by atoms with van der Waals surface area (Å²) in [6.45, 7) is 4.80. The molecule has 1 N–H and O–H groups in total. The molecule has 3 rings (SSSR count). The van der Waals surface area contributed by atoms with E-state index in [4.69, 9.17) is 4.74 Å². The number of carbonyl (C=O) groups excluding carboxylic acids is 1. The summed E-state index contributed by atoms with van der Waals surface area (Å²) >= 11 is 0. The fraction of sp³-hybridized carbons (Fsp3) is 0.500. The number of nitrogens with zero attached hydrogens (tertiary/aromatic N) is 3. The highest BCUT2D eigenvalue weighted by atomic mass is 16.5. The van der Waals surface area contributed by atoms with Gasteiger partial charge < -0.3 is 14.4 Å². The van der Waals surface area contributed by atoms with Gasteiger partial charge in [0.15, 0.2) is 0 Å². The number of aromatic nitrogens is 3. The van der Waals surface area contributed by atoms with Crippen molar-refractivity contribution in [1.82, 2.24) is 14.5 Å². The first-order chi connectivity index (χ1) is 11.6. The minimum absolute atomic E-state index is 0.271. The van der Waals surface area contributed by atoms with E-state index < -0.39 is 18.0 Å². The van der Waals surface area contributed by atoms with Crippen LogP contribution in [0.15, 0.2) is 24.7 Å². The number of hydrogen-bond acceptors (Lipinski definition) is 5. The fourth-order valence-electron chi connectivity index (χ4n) is 3.31. The summed E-state index contributed by atoms with van der Waals surface area (Å²) in [6.07, 6.45) is 5.43. The Morgan fingerprint density at radius 2 is 2.25 bits per heavy atom. The molecule has 6 heteroatoms. The molecular formula is C18H23N3O3. The van der Waals surface area contributed by atoms with Gasteiger partial charge in [-0.25, -0.2) is 4.98 Å². The lowest BCUT2D eigenvalue weighted by Crippen LogP contribution is -2.24. The topological polar surface area (TPSA) is 77.2 Å². The van der Waals surface area contributed by atoms with Crippen molar-refractivity contribution in [2.24, 2.45) is 0 Å². The Balaban J connectivity index is 1.98. The van der Waals surface area contributed by atoms with E-state index in [0.29, 0.717) is 11.3 Å². The second kappa shape index (κ2) is 7.13. The van der Waals surface area contributed by atoms with Crippen molar-refractivity contribution in [2.75, 3.05) is 6.61 Å². The second-order valence-corrected chi connectivity index (χ2v) is 6.13. The second-order valence-electron chi connectivity index (χ2n) is 6.13. The van der Waals surface area contributed by atoms with Gasteiger partial charge in [-0.15, -0.1) is 0 Å². The smallest absolute Gasteiger partial charge is 0.316 e. The first-order valence-electron chi connectivity index (χ1n) is 8.43. The zero-order valence-electron chi connectivity index (χ0n) is 14.1. The summed E-state index contributed by atoms with van der Waals surface area (Å²) in [4.78, 5) is 21.1. The number of hydrogen-bond donors (Lipinski definition) is 1. The Hall–Kier alpha value is -2.21. The van der Waals surface area contributed by atoms with Crippen molar-refractivity contribution in [3.8, 4) is 0 Å². The third kappa shape index (κ3) is 3.19. The van der Waals surface area contributed by atoms with Crippen LogP contribution in [0.4, 0.5) is 0 Å². The van der Waals surface area contributed by atoms with Gasteiger partial charge in [0.05, 0.1) is 18.6 Å². The van der Waals surface area contributed by atoms with Crippen molar-refractivity contribution < 1.29 is 14.6 Å². The third-order valence-electron chi connectivity index (χ3n) is 4.46. The average Bonchev–Trinajstić information content (AvgIpc) is 2.99. The Labute approximate surface area is 141 Å². The van der Waals surface area contributed by atoms with E-state index in [2.05, 4.69) is 14.5 Å². The number of aliphatic hydroxyl groups excluding tert-OH is 1. The zero-order chi connectivity index (χ0) is 17.1. The molecule has 0 fully saturated rings. The van der Waals surface area contributed by atoms with Crippen molar-refractivity contribution in [3.63, 3.8) is 0 Å². The number of rotatable bonds is 5. The molecule has 0 saturated heterocycles. The lowest BCUT2D eigenvalue weighted by Gasteiger charge is -2.23. The van der Waals surface area contributed by atoms with Crippen LogP contribution in [0.25, 0.3) is 0 Å². The van der Waals surface area contributed by atoms with E-state index in [1.165, 1.54) is 0 Å². The molecule has 24 heavy (non-hydrogen) atoms. The molecule has 2 unspecified atom stereocenters. The van der Waals surface area contributed by atoms with E-state index in [1.807, 2.05) is 13.0 Å². The maximum atomic E-state index is 12.5. The number of aliphatic hydroxyl groups is 1.